The highest BCUT2D eigenvalue weighted by Crippen LogP contribution is 2.26. The number of hydrogen-bond donors (Lipinski definition) is 4. The number of aromatic nitrogens is 2. The van der Waals surface area contributed by atoms with Crippen molar-refractivity contribution in [2.24, 2.45) is 0 Å². The fourth-order valence-electron chi connectivity index (χ4n) is 5.10. The number of nitrogens with zero attached hydrogens (tertiary/aromatic N) is 2. The van der Waals surface area contributed by atoms with E-state index in [0.29, 0.717) is 22.3 Å². The number of halogens is 1. The zero-order valence-corrected chi connectivity index (χ0v) is 22.3. The Morgan fingerprint density at radius 1 is 1.14 bits per heavy atom. The number of fused-ring (bicyclic) bond motifs is 2. The van der Waals surface area contributed by atoms with E-state index in [-0.39, 0.29) is 29.8 Å². The Morgan fingerprint density at radius 2 is 1.89 bits per heavy atom. The molecular formula is C26H31ClN6O3S. The van der Waals surface area contributed by atoms with Crippen molar-refractivity contribution < 1.29 is 14.4 Å². The van der Waals surface area contributed by atoms with Gasteiger partial charge in [-0.05, 0) is 37.1 Å². The van der Waals surface area contributed by atoms with Crippen LogP contribution in [0.1, 0.15) is 63.5 Å². The number of benzene rings is 1. The first-order valence-corrected chi connectivity index (χ1v) is 13.9. The average Bonchev–Trinajstić information content (AvgIpc) is 3.49. The number of thiazole rings is 1. The molecule has 1 saturated carbocycles. The van der Waals surface area contributed by atoms with Gasteiger partial charge in [0, 0.05) is 72.4 Å². The van der Waals surface area contributed by atoms with Gasteiger partial charge >= 0.3 is 0 Å². The predicted molar refractivity (Wildman–Crippen MR) is 144 cm³/mol. The lowest BCUT2D eigenvalue weighted by atomic mass is 9.90. The Bertz CT molecular complexity index is 1320. The summed E-state index contributed by atoms with van der Waals surface area (Å²) < 4.78 is 0. The van der Waals surface area contributed by atoms with Crippen LogP contribution in [-0.4, -0.2) is 64.3 Å². The molecule has 2 atom stereocenters. The number of hydrogen-bond acceptors (Lipinski definition) is 6. The predicted octanol–water partition coefficient (Wildman–Crippen LogP) is 3.24. The van der Waals surface area contributed by atoms with Crippen LogP contribution in [0.2, 0.25) is 5.02 Å². The fourth-order valence-corrected chi connectivity index (χ4v) is 6.34. The molecule has 1 fully saturated rings. The smallest absolute Gasteiger partial charge is 0.280 e. The SMILES string of the molecule is CC(=O)NCCN1CCc2nc(C(=O)N[C@@H]3CCCC[C@@H]3NC(=O)c3cc4cc(Cl)ccc4[nH]3)sc2C1. The van der Waals surface area contributed by atoms with E-state index in [1.807, 2.05) is 12.1 Å². The third-order valence-corrected chi connectivity index (χ3v) is 8.35. The Kier molecular flexibility index (Phi) is 7.78. The van der Waals surface area contributed by atoms with Crippen molar-refractivity contribution in [2.45, 2.75) is 57.7 Å². The maximum atomic E-state index is 13.2. The van der Waals surface area contributed by atoms with Crippen LogP contribution in [-0.2, 0) is 17.8 Å². The van der Waals surface area contributed by atoms with Gasteiger partial charge in [0.15, 0.2) is 5.01 Å². The number of H-pyrrole nitrogens is 1. The highest BCUT2D eigenvalue weighted by atomic mass is 35.5. The average molecular weight is 543 g/mol. The van der Waals surface area contributed by atoms with Crippen molar-refractivity contribution in [1.29, 1.82) is 0 Å². The van der Waals surface area contributed by atoms with Gasteiger partial charge in [-0.1, -0.05) is 24.4 Å². The summed E-state index contributed by atoms with van der Waals surface area (Å²) in [6.45, 7) is 4.48. The molecule has 1 aliphatic carbocycles. The summed E-state index contributed by atoms with van der Waals surface area (Å²) in [4.78, 5) is 48.4. The van der Waals surface area contributed by atoms with Gasteiger partial charge in [0.05, 0.1) is 5.69 Å². The first-order valence-electron chi connectivity index (χ1n) is 12.7. The largest absolute Gasteiger partial charge is 0.355 e. The lowest BCUT2D eigenvalue weighted by Gasteiger charge is -2.32. The van der Waals surface area contributed by atoms with E-state index in [2.05, 4.69) is 30.8 Å². The van der Waals surface area contributed by atoms with E-state index in [1.54, 1.807) is 12.1 Å². The second-order valence-corrected chi connectivity index (χ2v) is 11.3. The minimum atomic E-state index is -0.192. The molecule has 11 heteroatoms. The highest BCUT2D eigenvalue weighted by Gasteiger charge is 2.30. The van der Waals surface area contributed by atoms with E-state index in [4.69, 9.17) is 11.6 Å². The van der Waals surface area contributed by atoms with Crippen molar-refractivity contribution in [2.75, 3.05) is 19.6 Å². The zero-order valence-electron chi connectivity index (χ0n) is 20.7. The van der Waals surface area contributed by atoms with Crippen molar-refractivity contribution in [1.82, 2.24) is 30.8 Å². The zero-order chi connectivity index (χ0) is 25.9. The van der Waals surface area contributed by atoms with E-state index in [0.717, 1.165) is 73.2 Å². The van der Waals surface area contributed by atoms with Crippen LogP contribution in [0.5, 0.6) is 0 Å². The molecule has 2 aromatic heterocycles. The molecule has 3 heterocycles. The molecule has 37 heavy (non-hydrogen) atoms. The van der Waals surface area contributed by atoms with Gasteiger partial charge in [-0.25, -0.2) is 4.98 Å². The Balaban J connectivity index is 1.20. The molecule has 5 rings (SSSR count). The lowest BCUT2D eigenvalue weighted by molar-refractivity contribution is -0.119. The van der Waals surface area contributed by atoms with Gasteiger partial charge in [0.2, 0.25) is 5.91 Å². The number of carbonyl (C=O) groups excluding carboxylic acids is 3. The summed E-state index contributed by atoms with van der Waals surface area (Å²) in [6.07, 6.45) is 4.40. The Hall–Kier alpha value is -2.95. The van der Waals surface area contributed by atoms with Gasteiger partial charge in [0.25, 0.3) is 11.8 Å². The van der Waals surface area contributed by atoms with Crippen LogP contribution in [0.3, 0.4) is 0 Å². The molecule has 1 aliphatic heterocycles. The summed E-state index contributed by atoms with van der Waals surface area (Å²) in [5, 5.41) is 11.1. The maximum Gasteiger partial charge on any atom is 0.280 e. The topological polar surface area (TPSA) is 119 Å². The van der Waals surface area contributed by atoms with Gasteiger partial charge in [-0.15, -0.1) is 11.3 Å². The van der Waals surface area contributed by atoms with Crippen molar-refractivity contribution in [3.63, 3.8) is 0 Å². The summed E-state index contributed by atoms with van der Waals surface area (Å²) >= 11 is 7.51. The molecule has 0 radical (unpaired) electrons. The van der Waals surface area contributed by atoms with E-state index in [1.165, 1.54) is 18.3 Å². The van der Waals surface area contributed by atoms with Gasteiger partial charge in [0.1, 0.15) is 5.69 Å². The molecule has 0 saturated heterocycles. The summed E-state index contributed by atoms with van der Waals surface area (Å²) in [7, 11) is 0. The molecule has 196 valence electrons. The third kappa shape index (κ3) is 6.14. The molecule has 1 aromatic carbocycles. The second kappa shape index (κ2) is 11.2. The molecular weight excluding hydrogens is 512 g/mol. The van der Waals surface area contributed by atoms with E-state index < -0.39 is 0 Å². The third-order valence-electron chi connectivity index (χ3n) is 7.03. The van der Waals surface area contributed by atoms with Crippen molar-refractivity contribution in [3.8, 4) is 0 Å². The van der Waals surface area contributed by atoms with E-state index >= 15 is 0 Å². The summed E-state index contributed by atoms with van der Waals surface area (Å²) in [5.74, 6) is -0.406. The number of rotatable bonds is 7. The molecule has 0 unspecified atom stereocenters. The minimum absolute atomic E-state index is 0.0297. The first kappa shape index (κ1) is 25.7. The standard InChI is InChI=1S/C26H31ClN6O3S/c1-15(34)28-9-11-33-10-8-21-23(14-33)37-26(32-21)25(36)31-20-5-3-2-4-19(20)30-24(35)22-13-16-12-17(27)6-7-18(16)29-22/h6-7,12-13,19-20,29H,2-5,8-11,14H2,1H3,(H,28,34)(H,30,35)(H,31,36)/t19-,20+/m0/s1. The van der Waals surface area contributed by atoms with Crippen molar-refractivity contribution in [3.05, 3.63) is 50.6 Å². The van der Waals surface area contributed by atoms with Crippen LogP contribution in [0, 0.1) is 0 Å². The maximum absolute atomic E-state index is 13.2. The van der Waals surface area contributed by atoms with Crippen LogP contribution < -0.4 is 16.0 Å². The van der Waals surface area contributed by atoms with Gasteiger partial charge < -0.3 is 20.9 Å². The molecule has 0 bridgehead atoms. The molecule has 3 aromatic rings. The highest BCUT2D eigenvalue weighted by molar-refractivity contribution is 7.13. The number of amides is 3. The Morgan fingerprint density at radius 3 is 2.65 bits per heavy atom. The van der Waals surface area contributed by atoms with Crippen molar-refractivity contribution >= 4 is 51.6 Å². The molecule has 3 amide bonds. The Labute approximate surface area is 224 Å². The normalized spacial score (nSPS) is 19.8. The van der Waals surface area contributed by atoms with Crippen LogP contribution in [0.4, 0.5) is 0 Å². The quantitative estimate of drug-likeness (QED) is 0.365. The summed E-state index contributed by atoms with van der Waals surface area (Å²) in [5.41, 5.74) is 2.31. The van der Waals surface area contributed by atoms with Crippen LogP contribution in [0.15, 0.2) is 24.3 Å². The lowest BCUT2D eigenvalue weighted by Crippen LogP contribution is -2.53. The van der Waals surface area contributed by atoms with Gasteiger partial charge in [-0.2, -0.15) is 0 Å². The molecule has 9 nitrogen and oxygen atoms in total. The number of carbonyl (C=O) groups is 3. The monoisotopic (exact) mass is 542 g/mol. The molecule has 0 spiro atoms. The fraction of sp³-hybridized carbons (Fsp3) is 0.462. The summed E-state index contributed by atoms with van der Waals surface area (Å²) in [6, 6.07) is 6.96. The number of nitrogens with one attached hydrogen (secondary N) is 4. The number of aromatic amines is 1. The van der Waals surface area contributed by atoms with E-state index in [9.17, 15) is 14.4 Å². The van der Waals surface area contributed by atoms with Gasteiger partial charge in [-0.3, -0.25) is 19.3 Å². The van der Waals surface area contributed by atoms with Crippen LogP contribution >= 0.6 is 22.9 Å². The first-order chi connectivity index (χ1) is 17.9. The molecule has 4 N–H and O–H groups in total. The minimum Gasteiger partial charge on any atom is -0.355 e. The van der Waals surface area contributed by atoms with Crippen LogP contribution in [0.25, 0.3) is 10.9 Å². The second-order valence-electron chi connectivity index (χ2n) is 9.76. The molecule has 2 aliphatic rings.